The first-order valence-corrected chi connectivity index (χ1v) is 8.18. The first kappa shape index (κ1) is 16.0. The summed E-state index contributed by atoms with van der Waals surface area (Å²) >= 11 is 0. The second-order valence-electron chi connectivity index (χ2n) is 7.23. The van der Waals surface area contributed by atoms with E-state index in [1.54, 1.807) is 0 Å². The van der Waals surface area contributed by atoms with E-state index < -0.39 is 0 Å². The standard InChI is InChI=1S/C19H28N2/c1-14(2)18(15(3)4)12-21-17-10-19(11-17,13-20)16-8-6-5-7-9-16/h5-9,14-15,17-18,21H,10-12H2,1-4H3. The van der Waals surface area contributed by atoms with Crippen molar-refractivity contribution in [1.29, 1.82) is 5.26 Å². The molecular formula is C19H28N2. The van der Waals surface area contributed by atoms with Crippen molar-refractivity contribution in [3.8, 4) is 6.07 Å². The lowest BCUT2D eigenvalue weighted by molar-refractivity contribution is 0.193. The van der Waals surface area contributed by atoms with Crippen LogP contribution in [0.3, 0.4) is 0 Å². The highest BCUT2D eigenvalue weighted by atomic mass is 14.9. The monoisotopic (exact) mass is 284 g/mol. The molecule has 0 unspecified atom stereocenters. The van der Waals surface area contributed by atoms with Crippen LogP contribution in [0.15, 0.2) is 30.3 Å². The molecule has 1 N–H and O–H groups in total. The number of rotatable bonds is 6. The van der Waals surface area contributed by atoms with Gasteiger partial charge in [-0.05, 0) is 42.7 Å². The van der Waals surface area contributed by atoms with E-state index in [0.717, 1.165) is 19.4 Å². The second-order valence-corrected chi connectivity index (χ2v) is 7.23. The Bertz CT molecular complexity index is 470. The fourth-order valence-corrected chi connectivity index (χ4v) is 3.62. The number of nitriles is 1. The highest BCUT2D eigenvalue weighted by Crippen LogP contribution is 2.43. The molecule has 1 aromatic rings. The maximum Gasteiger partial charge on any atom is 0.0852 e. The molecule has 1 saturated carbocycles. The number of hydrogen-bond acceptors (Lipinski definition) is 2. The molecule has 0 atom stereocenters. The van der Waals surface area contributed by atoms with Gasteiger partial charge in [0, 0.05) is 6.04 Å². The van der Waals surface area contributed by atoms with Crippen LogP contribution in [0.5, 0.6) is 0 Å². The molecule has 1 aliphatic rings. The van der Waals surface area contributed by atoms with Crippen LogP contribution in [-0.2, 0) is 5.41 Å². The normalized spacial score (nSPS) is 25.1. The lowest BCUT2D eigenvalue weighted by atomic mass is 9.62. The number of benzene rings is 1. The largest absolute Gasteiger partial charge is 0.314 e. The van der Waals surface area contributed by atoms with Crippen LogP contribution in [0.4, 0.5) is 0 Å². The molecule has 0 spiro atoms. The fourth-order valence-electron chi connectivity index (χ4n) is 3.62. The number of nitrogens with one attached hydrogen (secondary N) is 1. The minimum absolute atomic E-state index is 0.260. The molecule has 1 aliphatic carbocycles. The zero-order valence-electron chi connectivity index (χ0n) is 13.8. The zero-order valence-corrected chi connectivity index (χ0v) is 13.8. The maximum atomic E-state index is 9.58. The Kier molecular flexibility index (Phi) is 5.06. The predicted molar refractivity (Wildman–Crippen MR) is 87.9 cm³/mol. The molecule has 114 valence electrons. The molecule has 2 rings (SSSR count). The van der Waals surface area contributed by atoms with Gasteiger partial charge in [0.2, 0.25) is 0 Å². The minimum atomic E-state index is -0.260. The molecule has 0 amide bonds. The van der Waals surface area contributed by atoms with Gasteiger partial charge in [0.25, 0.3) is 0 Å². The van der Waals surface area contributed by atoms with Gasteiger partial charge in [-0.25, -0.2) is 0 Å². The van der Waals surface area contributed by atoms with Crippen LogP contribution in [0.25, 0.3) is 0 Å². The Morgan fingerprint density at radius 2 is 1.71 bits per heavy atom. The van der Waals surface area contributed by atoms with Crippen LogP contribution in [0.1, 0.15) is 46.1 Å². The Morgan fingerprint density at radius 3 is 2.19 bits per heavy atom. The van der Waals surface area contributed by atoms with E-state index in [-0.39, 0.29) is 5.41 Å². The molecular weight excluding hydrogens is 256 g/mol. The number of hydrogen-bond donors (Lipinski definition) is 1. The Hall–Kier alpha value is -1.33. The van der Waals surface area contributed by atoms with Crippen LogP contribution in [0.2, 0.25) is 0 Å². The summed E-state index contributed by atoms with van der Waals surface area (Å²) in [4.78, 5) is 0. The lowest BCUT2D eigenvalue weighted by Crippen LogP contribution is -2.52. The van der Waals surface area contributed by atoms with Gasteiger partial charge in [0.15, 0.2) is 0 Å². The first-order chi connectivity index (χ1) is 9.98. The Morgan fingerprint density at radius 1 is 1.14 bits per heavy atom. The quantitative estimate of drug-likeness (QED) is 0.852. The van der Waals surface area contributed by atoms with E-state index in [9.17, 15) is 5.26 Å². The van der Waals surface area contributed by atoms with Crippen molar-refractivity contribution in [3.63, 3.8) is 0 Å². The smallest absolute Gasteiger partial charge is 0.0852 e. The van der Waals surface area contributed by atoms with Crippen molar-refractivity contribution in [2.45, 2.75) is 52.0 Å². The molecule has 21 heavy (non-hydrogen) atoms. The van der Waals surface area contributed by atoms with Gasteiger partial charge in [-0.15, -0.1) is 0 Å². The van der Waals surface area contributed by atoms with Crippen LogP contribution < -0.4 is 5.32 Å². The van der Waals surface area contributed by atoms with Crippen molar-refractivity contribution in [3.05, 3.63) is 35.9 Å². The summed E-state index contributed by atoms with van der Waals surface area (Å²) in [5, 5.41) is 13.3. The van der Waals surface area contributed by atoms with Gasteiger partial charge in [-0.2, -0.15) is 5.26 Å². The van der Waals surface area contributed by atoms with E-state index in [4.69, 9.17) is 0 Å². The third-order valence-corrected chi connectivity index (χ3v) is 5.08. The van der Waals surface area contributed by atoms with E-state index >= 15 is 0 Å². The molecule has 0 aromatic heterocycles. The summed E-state index contributed by atoms with van der Waals surface area (Å²) < 4.78 is 0. The highest BCUT2D eigenvalue weighted by Gasteiger charge is 2.45. The summed E-state index contributed by atoms with van der Waals surface area (Å²) in [5.74, 6) is 2.11. The molecule has 2 nitrogen and oxygen atoms in total. The average Bonchev–Trinajstić information content (AvgIpc) is 2.41. The van der Waals surface area contributed by atoms with Crippen LogP contribution in [0, 0.1) is 29.1 Å². The van der Waals surface area contributed by atoms with E-state index in [0.29, 0.717) is 23.8 Å². The lowest BCUT2D eigenvalue weighted by Gasteiger charge is -2.44. The van der Waals surface area contributed by atoms with Crippen molar-refractivity contribution in [2.24, 2.45) is 17.8 Å². The van der Waals surface area contributed by atoms with Crippen LogP contribution in [-0.4, -0.2) is 12.6 Å². The van der Waals surface area contributed by atoms with Crippen molar-refractivity contribution in [2.75, 3.05) is 6.54 Å². The van der Waals surface area contributed by atoms with Gasteiger partial charge < -0.3 is 5.32 Å². The molecule has 0 saturated heterocycles. The Labute approximate surface area is 129 Å². The zero-order chi connectivity index (χ0) is 15.5. The van der Waals surface area contributed by atoms with E-state index in [2.05, 4.69) is 51.2 Å². The topological polar surface area (TPSA) is 35.8 Å². The summed E-state index contributed by atoms with van der Waals surface area (Å²) in [5.41, 5.74) is 0.916. The van der Waals surface area contributed by atoms with Crippen LogP contribution >= 0.6 is 0 Å². The predicted octanol–water partition coefficient (Wildman–Crippen LogP) is 4.13. The third-order valence-electron chi connectivity index (χ3n) is 5.08. The average molecular weight is 284 g/mol. The molecule has 0 bridgehead atoms. The van der Waals surface area contributed by atoms with Crippen molar-refractivity contribution < 1.29 is 0 Å². The highest BCUT2D eigenvalue weighted by molar-refractivity contribution is 5.36. The van der Waals surface area contributed by atoms with E-state index in [1.807, 2.05) is 18.2 Å². The summed E-state index contributed by atoms with van der Waals surface area (Å²) in [6.45, 7) is 10.3. The SMILES string of the molecule is CC(C)C(CNC1CC(C#N)(c2ccccc2)C1)C(C)C. The van der Waals surface area contributed by atoms with Gasteiger partial charge in [-0.3, -0.25) is 0 Å². The van der Waals surface area contributed by atoms with Crippen molar-refractivity contribution in [1.82, 2.24) is 5.32 Å². The fraction of sp³-hybridized carbons (Fsp3) is 0.632. The van der Waals surface area contributed by atoms with Gasteiger partial charge >= 0.3 is 0 Å². The summed E-state index contributed by atoms with van der Waals surface area (Å²) in [6, 6.07) is 13.3. The minimum Gasteiger partial charge on any atom is -0.314 e. The summed E-state index contributed by atoms with van der Waals surface area (Å²) in [7, 11) is 0. The Balaban J connectivity index is 1.90. The molecule has 1 fully saturated rings. The first-order valence-electron chi connectivity index (χ1n) is 8.18. The number of nitrogens with zero attached hydrogens (tertiary/aromatic N) is 1. The molecule has 0 radical (unpaired) electrons. The molecule has 1 aromatic carbocycles. The van der Waals surface area contributed by atoms with E-state index in [1.165, 1.54) is 5.56 Å². The molecule has 0 aliphatic heterocycles. The van der Waals surface area contributed by atoms with Gasteiger partial charge in [0.05, 0.1) is 11.5 Å². The molecule has 2 heteroatoms. The third kappa shape index (κ3) is 3.47. The summed E-state index contributed by atoms with van der Waals surface area (Å²) in [6.07, 6.45) is 1.88. The van der Waals surface area contributed by atoms with Gasteiger partial charge in [-0.1, -0.05) is 58.0 Å². The van der Waals surface area contributed by atoms with Crippen molar-refractivity contribution >= 4 is 0 Å². The molecule has 0 heterocycles. The second kappa shape index (κ2) is 6.62. The maximum absolute atomic E-state index is 9.58. The van der Waals surface area contributed by atoms with Gasteiger partial charge in [0.1, 0.15) is 0 Å².